The van der Waals surface area contributed by atoms with Crippen molar-refractivity contribution in [2.75, 3.05) is 26.9 Å². The molecule has 0 aliphatic carbocycles. The number of Topliss-reactive ketones (excluding diaryl/α,β-unsaturated/α-hetero) is 1. The van der Waals surface area contributed by atoms with Crippen molar-refractivity contribution in [1.29, 1.82) is 0 Å². The van der Waals surface area contributed by atoms with Crippen LogP contribution in [0.3, 0.4) is 0 Å². The summed E-state index contributed by atoms with van der Waals surface area (Å²) in [4.78, 5) is 49.3. The maximum atomic E-state index is 12.9. The Morgan fingerprint density at radius 1 is 1.05 bits per heavy atom. The Labute approximate surface area is 214 Å². The van der Waals surface area contributed by atoms with Gasteiger partial charge in [-0.25, -0.2) is 9.59 Å². The molecule has 0 bridgehead atoms. The molecule has 2 heterocycles. The van der Waals surface area contributed by atoms with E-state index in [1.807, 2.05) is 6.92 Å². The number of carbonyl (C=O) groups excluding carboxylic acids is 2. The van der Waals surface area contributed by atoms with Crippen molar-refractivity contribution in [1.82, 2.24) is 9.88 Å². The molecular formula is C26H30N2O9. The van der Waals surface area contributed by atoms with Gasteiger partial charge >= 0.3 is 11.9 Å². The maximum absolute atomic E-state index is 12.9. The van der Waals surface area contributed by atoms with Crippen molar-refractivity contribution in [3.63, 3.8) is 0 Å². The number of pyridine rings is 1. The molecule has 1 amide bonds. The second-order valence-corrected chi connectivity index (χ2v) is 8.56. The molecule has 1 saturated heterocycles. The first-order valence-electron chi connectivity index (χ1n) is 11.4. The van der Waals surface area contributed by atoms with Gasteiger partial charge in [0.2, 0.25) is 0 Å². The van der Waals surface area contributed by atoms with Crippen LogP contribution in [-0.4, -0.2) is 75.7 Å². The number of ether oxygens (including phenoxy) is 2. The predicted octanol–water partition coefficient (Wildman–Crippen LogP) is 2.65. The van der Waals surface area contributed by atoms with Crippen molar-refractivity contribution in [3.05, 3.63) is 65.0 Å². The lowest BCUT2D eigenvalue weighted by atomic mass is 9.95. The van der Waals surface area contributed by atoms with Gasteiger partial charge in [-0.05, 0) is 54.3 Å². The summed E-state index contributed by atoms with van der Waals surface area (Å²) in [6.45, 7) is 7.10. The average molecular weight is 515 g/mol. The summed E-state index contributed by atoms with van der Waals surface area (Å²) >= 11 is 0. The zero-order chi connectivity index (χ0) is 27.7. The number of methoxy groups -OCH3 is 1. The van der Waals surface area contributed by atoms with E-state index in [2.05, 4.69) is 18.8 Å². The van der Waals surface area contributed by atoms with E-state index in [9.17, 15) is 14.7 Å². The average Bonchev–Trinajstić information content (AvgIpc) is 3.11. The summed E-state index contributed by atoms with van der Waals surface area (Å²) in [6.07, 6.45) is 3.19. The van der Waals surface area contributed by atoms with Gasteiger partial charge in [-0.2, -0.15) is 0 Å². The number of rotatable bonds is 8. The van der Waals surface area contributed by atoms with Gasteiger partial charge in [0.1, 0.15) is 11.5 Å². The van der Waals surface area contributed by atoms with Crippen molar-refractivity contribution < 1.29 is 44.0 Å². The Hall–Kier alpha value is -4.25. The number of nitrogens with zero attached hydrogens (tertiary/aromatic N) is 2. The van der Waals surface area contributed by atoms with Crippen LogP contribution in [0.1, 0.15) is 36.6 Å². The van der Waals surface area contributed by atoms with E-state index >= 15 is 0 Å². The van der Waals surface area contributed by atoms with E-state index in [4.69, 9.17) is 29.3 Å². The standard InChI is InChI=1S/C24H28N2O5.C2H2O4/c1-15(2)14-31-19-6-5-18(13-16(19)3)22(27)20-21(17-7-9-25-10-8-17)26(11-12-30-4)24(29)23(20)28;3-1(4)2(5)6/h5-10,13,15,21,27H,11-12,14H2,1-4H3;(H,3,4)(H,5,6)/b22-20+;. The third-order valence-corrected chi connectivity index (χ3v) is 5.30. The van der Waals surface area contributed by atoms with Gasteiger partial charge in [-0.15, -0.1) is 0 Å². The van der Waals surface area contributed by atoms with Crippen LogP contribution in [0.4, 0.5) is 0 Å². The van der Waals surface area contributed by atoms with Gasteiger partial charge in [-0.1, -0.05) is 13.8 Å². The quantitative estimate of drug-likeness (QED) is 0.271. The molecule has 1 unspecified atom stereocenters. The zero-order valence-electron chi connectivity index (χ0n) is 21.0. The number of amides is 1. The van der Waals surface area contributed by atoms with Crippen molar-refractivity contribution in [3.8, 4) is 5.75 Å². The van der Waals surface area contributed by atoms with Gasteiger partial charge in [0.15, 0.2) is 0 Å². The first kappa shape index (κ1) is 29.0. The van der Waals surface area contributed by atoms with E-state index < -0.39 is 29.7 Å². The molecule has 1 aromatic carbocycles. The minimum Gasteiger partial charge on any atom is -0.507 e. The summed E-state index contributed by atoms with van der Waals surface area (Å²) in [6, 6.07) is 7.99. The number of benzene rings is 1. The second kappa shape index (κ2) is 13.2. The number of likely N-dealkylation sites (tertiary alicyclic amines) is 1. The van der Waals surface area contributed by atoms with Crippen molar-refractivity contribution >= 4 is 29.4 Å². The Morgan fingerprint density at radius 3 is 2.19 bits per heavy atom. The number of aliphatic carboxylic acids is 2. The van der Waals surface area contributed by atoms with Crippen LogP contribution in [0.25, 0.3) is 5.76 Å². The fraction of sp³-hybridized carbons (Fsp3) is 0.346. The van der Waals surface area contributed by atoms with Gasteiger partial charge in [0.25, 0.3) is 11.7 Å². The van der Waals surface area contributed by atoms with Gasteiger partial charge in [0, 0.05) is 31.6 Å². The molecule has 11 nitrogen and oxygen atoms in total. The topological polar surface area (TPSA) is 164 Å². The number of aliphatic hydroxyl groups is 1. The number of carboxylic acid groups (broad SMARTS) is 2. The van der Waals surface area contributed by atoms with Crippen LogP contribution in [-0.2, 0) is 23.9 Å². The molecule has 37 heavy (non-hydrogen) atoms. The van der Waals surface area contributed by atoms with Crippen LogP contribution < -0.4 is 4.74 Å². The summed E-state index contributed by atoms with van der Waals surface area (Å²) in [5.41, 5.74) is 2.04. The Balaban J connectivity index is 0.000000717. The maximum Gasteiger partial charge on any atom is 0.414 e. The highest BCUT2D eigenvalue weighted by molar-refractivity contribution is 6.46. The number of carbonyl (C=O) groups is 4. The van der Waals surface area contributed by atoms with Gasteiger partial charge in [0.05, 0.1) is 24.8 Å². The number of aliphatic hydroxyl groups excluding tert-OH is 1. The van der Waals surface area contributed by atoms with Crippen molar-refractivity contribution in [2.45, 2.75) is 26.8 Å². The summed E-state index contributed by atoms with van der Waals surface area (Å²) in [7, 11) is 1.53. The van der Waals surface area contributed by atoms with Crippen LogP contribution in [0.2, 0.25) is 0 Å². The minimum absolute atomic E-state index is 0.0579. The highest BCUT2D eigenvalue weighted by atomic mass is 16.5. The molecule has 0 saturated carbocycles. The van der Waals surface area contributed by atoms with Gasteiger partial charge < -0.3 is 29.7 Å². The molecule has 1 aliphatic heterocycles. The molecule has 3 N–H and O–H groups in total. The molecular weight excluding hydrogens is 484 g/mol. The monoisotopic (exact) mass is 514 g/mol. The second-order valence-electron chi connectivity index (χ2n) is 8.56. The molecule has 1 fully saturated rings. The Morgan fingerprint density at radius 2 is 1.68 bits per heavy atom. The number of hydrogen-bond donors (Lipinski definition) is 3. The smallest absolute Gasteiger partial charge is 0.414 e. The molecule has 2 aromatic rings. The summed E-state index contributed by atoms with van der Waals surface area (Å²) in [5.74, 6) is -4.13. The van der Waals surface area contributed by atoms with Crippen molar-refractivity contribution in [2.24, 2.45) is 5.92 Å². The van der Waals surface area contributed by atoms with Crippen LogP contribution in [0, 0.1) is 12.8 Å². The van der Waals surface area contributed by atoms with Crippen LogP contribution in [0.5, 0.6) is 5.75 Å². The lowest BCUT2D eigenvalue weighted by Gasteiger charge is -2.24. The number of aromatic nitrogens is 1. The molecule has 11 heteroatoms. The first-order chi connectivity index (χ1) is 17.5. The zero-order valence-corrected chi connectivity index (χ0v) is 21.0. The molecule has 3 rings (SSSR count). The highest BCUT2D eigenvalue weighted by Crippen LogP contribution is 2.39. The third kappa shape index (κ3) is 7.37. The fourth-order valence-electron chi connectivity index (χ4n) is 3.56. The number of hydrogen-bond acceptors (Lipinski definition) is 8. The molecule has 1 atom stereocenters. The predicted molar refractivity (Wildman–Crippen MR) is 132 cm³/mol. The number of ketones is 1. The minimum atomic E-state index is -1.82. The van der Waals surface area contributed by atoms with E-state index in [1.54, 1.807) is 42.7 Å². The lowest BCUT2D eigenvalue weighted by Crippen LogP contribution is -2.32. The van der Waals surface area contributed by atoms with Gasteiger partial charge in [-0.3, -0.25) is 14.6 Å². The molecule has 0 radical (unpaired) electrons. The van der Waals surface area contributed by atoms with Crippen LogP contribution in [0.15, 0.2) is 48.3 Å². The number of aryl methyl sites for hydroxylation is 1. The largest absolute Gasteiger partial charge is 0.507 e. The van der Waals surface area contributed by atoms with E-state index in [0.29, 0.717) is 23.7 Å². The normalized spacial score (nSPS) is 16.4. The fourth-order valence-corrected chi connectivity index (χ4v) is 3.56. The SMILES string of the molecule is COCCN1C(=O)C(=O)/C(=C(/O)c2ccc(OCC(C)C)c(C)c2)C1c1ccncc1.O=C(O)C(=O)O. The van der Waals surface area contributed by atoms with E-state index in [0.717, 1.165) is 11.3 Å². The lowest BCUT2D eigenvalue weighted by molar-refractivity contribution is -0.159. The van der Waals surface area contributed by atoms with Crippen LogP contribution >= 0.6 is 0 Å². The Bertz CT molecular complexity index is 1160. The summed E-state index contributed by atoms with van der Waals surface area (Å²) < 4.78 is 10.9. The first-order valence-corrected chi connectivity index (χ1v) is 11.4. The Kier molecular flexibility index (Phi) is 10.3. The molecule has 198 valence electrons. The molecule has 1 aliphatic rings. The van der Waals surface area contributed by atoms with E-state index in [1.165, 1.54) is 12.0 Å². The molecule has 0 spiro atoms. The number of carboxylic acids is 2. The summed E-state index contributed by atoms with van der Waals surface area (Å²) in [5, 5.41) is 25.9. The third-order valence-electron chi connectivity index (χ3n) is 5.30. The molecule has 1 aromatic heterocycles. The highest BCUT2D eigenvalue weighted by Gasteiger charge is 2.45. The van der Waals surface area contributed by atoms with E-state index in [-0.39, 0.29) is 24.5 Å².